The van der Waals surface area contributed by atoms with Crippen molar-refractivity contribution in [3.8, 4) is 0 Å². The molecule has 0 unspecified atom stereocenters. The van der Waals surface area contributed by atoms with Gasteiger partial charge in [0, 0.05) is 0 Å². The molecule has 4 heteroatoms. The molecule has 0 aliphatic rings. The lowest BCUT2D eigenvalue weighted by Crippen LogP contribution is -2.07. The number of nitrogens with zero attached hydrogens (tertiary/aromatic N) is 1. The van der Waals surface area contributed by atoms with Gasteiger partial charge < -0.3 is 9.47 Å². The Labute approximate surface area is 66.2 Å². The summed E-state index contributed by atoms with van der Waals surface area (Å²) in [6, 6.07) is 0. The van der Waals surface area contributed by atoms with E-state index in [2.05, 4.69) is 9.73 Å². The van der Waals surface area contributed by atoms with Gasteiger partial charge in [0.1, 0.15) is 6.54 Å². The smallest absolute Gasteiger partial charge is 0.327 e. The van der Waals surface area contributed by atoms with Crippen LogP contribution < -0.4 is 0 Å². The first-order valence-electron chi connectivity index (χ1n) is 3.56. The van der Waals surface area contributed by atoms with E-state index >= 15 is 0 Å². The molecule has 0 fully saturated rings. The highest BCUT2D eigenvalue weighted by Gasteiger charge is 1.96. The van der Waals surface area contributed by atoms with Gasteiger partial charge in [0.15, 0.2) is 6.40 Å². The van der Waals surface area contributed by atoms with Crippen LogP contribution in [0, 0.1) is 0 Å². The molecular formula is C7H13NO3. The topological polar surface area (TPSA) is 47.9 Å². The molecule has 11 heavy (non-hydrogen) atoms. The van der Waals surface area contributed by atoms with E-state index in [1.165, 1.54) is 6.40 Å². The van der Waals surface area contributed by atoms with Crippen LogP contribution in [0.2, 0.25) is 0 Å². The Kier molecular flexibility index (Phi) is 6.37. The lowest BCUT2D eigenvalue weighted by atomic mass is 10.7. The first-order chi connectivity index (χ1) is 5.31. The van der Waals surface area contributed by atoms with Gasteiger partial charge in [-0.1, -0.05) is 0 Å². The number of ether oxygens (including phenoxy) is 2. The molecule has 0 atom stereocenters. The van der Waals surface area contributed by atoms with Crippen LogP contribution in [0.4, 0.5) is 0 Å². The van der Waals surface area contributed by atoms with E-state index in [1.807, 2.05) is 6.92 Å². The molecule has 0 aromatic heterocycles. The summed E-state index contributed by atoms with van der Waals surface area (Å²) in [5, 5.41) is 0. The van der Waals surface area contributed by atoms with Crippen molar-refractivity contribution >= 4 is 12.4 Å². The summed E-state index contributed by atoms with van der Waals surface area (Å²) >= 11 is 0. The SMILES string of the molecule is CCOC=NCC(=O)OCC. The molecule has 0 saturated heterocycles. The van der Waals surface area contributed by atoms with Gasteiger partial charge in [-0.25, -0.2) is 4.99 Å². The summed E-state index contributed by atoms with van der Waals surface area (Å²) in [6.45, 7) is 4.59. The normalized spacial score (nSPS) is 10.0. The highest BCUT2D eigenvalue weighted by Crippen LogP contribution is 1.78. The highest BCUT2D eigenvalue weighted by molar-refractivity contribution is 5.73. The number of carbonyl (C=O) groups excluding carboxylic acids is 1. The van der Waals surface area contributed by atoms with Crippen molar-refractivity contribution in [3.05, 3.63) is 0 Å². The molecule has 0 amide bonds. The maximum atomic E-state index is 10.6. The Balaban J connectivity index is 3.29. The molecule has 0 spiro atoms. The fraction of sp³-hybridized carbons (Fsp3) is 0.714. The zero-order valence-corrected chi connectivity index (χ0v) is 6.87. The molecule has 0 N–H and O–H groups in total. The molecule has 64 valence electrons. The van der Waals surface area contributed by atoms with Crippen LogP contribution in [0.25, 0.3) is 0 Å². The lowest BCUT2D eigenvalue weighted by Gasteiger charge is -1.96. The van der Waals surface area contributed by atoms with E-state index < -0.39 is 0 Å². The Morgan fingerprint density at radius 3 is 2.73 bits per heavy atom. The standard InChI is InChI=1S/C7H13NO3/c1-3-10-6-8-5-7(9)11-4-2/h6H,3-5H2,1-2H3. The molecule has 0 heterocycles. The van der Waals surface area contributed by atoms with Crippen molar-refractivity contribution in [1.29, 1.82) is 0 Å². The Bertz CT molecular complexity index is 134. The third-order valence-corrected chi connectivity index (χ3v) is 0.841. The number of hydrogen-bond donors (Lipinski definition) is 0. The molecule has 0 saturated carbocycles. The fourth-order valence-corrected chi connectivity index (χ4v) is 0.446. The maximum absolute atomic E-state index is 10.6. The third-order valence-electron chi connectivity index (χ3n) is 0.841. The first-order valence-corrected chi connectivity index (χ1v) is 3.56. The van der Waals surface area contributed by atoms with Crippen molar-refractivity contribution in [2.45, 2.75) is 13.8 Å². The van der Waals surface area contributed by atoms with E-state index in [0.717, 1.165) is 0 Å². The zero-order valence-electron chi connectivity index (χ0n) is 6.87. The fourth-order valence-electron chi connectivity index (χ4n) is 0.446. The molecule has 0 radical (unpaired) electrons. The average Bonchev–Trinajstić information content (AvgIpc) is 1.99. The van der Waals surface area contributed by atoms with Gasteiger partial charge in [-0.15, -0.1) is 0 Å². The summed E-state index contributed by atoms with van der Waals surface area (Å²) in [4.78, 5) is 14.3. The molecule has 0 aliphatic carbocycles. The van der Waals surface area contributed by atoms with Gasteiger partial charge in [0.05, 0.1) is 13.2 Å². The average molecular weight is 159 g/mol. The minimum absolute atomic E-state index is 0.0356. The lowest BCUT2D eigenvalue weighted by molar-refractivity contribution is -0.141. The maximum Gasteiger partial charge on any atom is 0.327 e. The van der Waals surface area contributed by atoms with Crippen molar-refractivity contribution in [2.75, 3.05) is 19.8 Å². The monoisotopic (exact) mass is 159 g/mol. The summed E-state index contributed by atoms with van der Waals surface area (Å²) in [7, 11) is 0. The molecular weight excluding hydrogens is 146 g/mol. The molecule has 0 aliphatic heterocycles. The van der Waals surface area contributed by atoms with E-state index in [9.17, 15) is 4.79 Å². The van der Waals surface area contributed by atoms with Crippen LogP contribution in [-0.2, 0) is 14.3 Å². The van der Waals surface area contributed by atoms with Crippen LogP contribution in [0.5, 0.6) is 0 Å². The molecule has 0 rings (SSSR count). The summed E-state index contributed by atoms with van der Waals surface area (Å²) < 4.78 is 9.38. The van der Waals surface area contributed by atoms with Gasteiger partial charge in [-0.3, -0.25) is 4.79 Å². The highest BCUT2D eigenvalue weighted by atomic mass is 16.5. The number of rotatable bonds is 5. The van der Waals surface area contributed by atoms with Crippen molar-refractivity contribution in [3.63, 3.8) is 0 Å². The van der Waals surface area contributed by atoms with Gasteiger partial charge in [-0.05, 0) is 13.8 Å². The van der Waals surface area contributed by atoms with Gasteiger partial charge in [0.2, 0.25) is 0 Å². The predicted molar refractivity (Wildman–Crippen MR) is 41.6 cm³/mol. The van der Waals surface area contributed by atoms with Crippen LogP contribution in [-0.4, -0.2) is 32.1 Å². The van der Waals surface area contributed by atoms with Gasteiger partial charge in [-0.2, -0.15) is 0 Å². The summed E-state index contributed by atoms with van der Waals surface area (Å²) in [6.07, 6.45) is 1.26. The quantitative estimate of drug-likeness (QED) is 0.335. The van der Waals surface area contributed by atoms with E-state index in [-0.39, 0.29) is 12.5 Å². The summed E-state index contributed by atoms with van der Waals surface area (Å²) in [5.74, 6) is -0.330. The molecule has 4 nitrogen and oxygen atoms in total. The Morgan fingerprint density at radius 1 is 1.45 bits per heavy atom. The van der Waals surface area contributed by atoms with Crippen LogP contribution >= 0.6 is 0 Å². The van der Waals surface area contributed by atoms with E-state index in [1.54, 1.807) is 6.92 Å². The molecule has 0 aromatic rings. The molecule has 0 aromatic carbocycles. The van der Waals surface area contributed by atoms with Gasteiger partial charge in [0.25, 0.3) is 0 Å². The largest absolute Gasteiger partial charge is 0.484 e. The Hall–Kier alpha value is -1.06. The van der Waals surface area contributed by atoms with Gasteiger partial charge >= 0.3 is 5.97 Å². The molecule has 0 bridgehead atoms. The number of hydrogen-bond acceptors (Lipinski definition) is 4. The van der Waals surface area contributed by atoms with E-state index in [4.69, 9.17) is 4.74 Å². The van der Waals surface area contributed by atoms with E-state index in [0.29, 0.717) is 13.2 Å². The Morgan fingerprint density at radius 2 is 2.18 bits per heavy atom. The van der Waals surface area contributed by atoms with Crippen LogP contribution in [0.3, 0.4) is 0 Å². The minimum atomic E-state index is -0.330. The number of aliphatic imine (C=N–C) groups is 1. The van der Waals surface area contributed by atoms with Crippen molar-refractivity contribution in [1.82, 2.24) is 0 Å². The second-order valence-corrected chi connectivity index (χ2v) is 1.71. The second-order valence-electron chi connectivity index (χ2n) is 1.71. The zero-order chi connectivity index (χ0) is 8.53. The first kappa shape index (κ1) is 9.94. The van der Waals surface area contributed by atoms with Crippen molar-refractivity contribution in [2.24, 2.45) is 4.99 Å². The second kappa shape index (κ2) is 7.05. The third kappa shape index (κ3) is 6.83. The minimum Gasteiger partial charge on any atom is -0.484 e. The number of carbonyl (C=O) groups is 1. The summed E-state index contributed by atoms with van der Waals surface area (Å²) in [5.41, 5.74) is 0. The number of esters is 1. The van der Waals surface area contributed by atoms with Crippen LogP contribution in [0.1, 0.15) is 13.8 Å². The van der Waals surface area contributed by atoms with Crippen LogP contribution in [0.15, 0.2) is 4.99 Å². The predicted octanol–water partition coefficient (Wildman–Crippen LogP) is 0.614. The van der Waals surface area contributed by atoms with Crippen molar-refractivity contribution < 1.29 is 14.3 Å².